The maximum atomic E-state index is 12.1. The fourth-order valence-corrected chi connectivity index (χ4v) is 3.15. The Morgan fingerprint density at radius 2 is 1.90 bits per heavy atom. The van der Waals surface area contributed by atoms with Gasteiger partial charge in [-0.1, -0.05) is 18.2 Å². The van der Waals surface area contributed by atoms with Crippen LogP contribution in [0.25, 0.3) is 0 Å². The normalized spacial score (nSPS) is 12.3. The molecule has 0 spiro atoms. The van der Waals surface area contributed by atoms with Crippen LogP contribution < -0.4 is 45.1 Å². The van der Waals surface area contributed by atoms with Gasteiger partial charge in [0.25, 0.3) is 0 Å². The summed E-state index contributed by atoms with van der Waals surface area (Å²) >= 11 is 0. The van der Waals surface area contributed by atoms with Gasteiger partial charge in [0.05, 0.1) is 16.9 Å². The fraction of sp³-hybridized carbons (Fsp3) is 0.273. The third-order valence-corrected chi connectivity index (χ3v) is 4.20. The predicted molar refractivity (Wildman–Crippen MR) is 64.5 cm³/mol. The molecule has 0 bridgehead atoms. The fourth-order valence-electron chi connectivity index (χ4n) is 1.52. The van der Waals surface area contributed by atoms with Crippen molar-refractivity contribution in [1.82, 2.24) is 4.72 Å². The van der Waals surface area contributed by atoms with E-state index in [9.17, 15) is 23.1 Å². The molecule has 1 aromatic carbocycles. The number of amides is 1. The molecule has 104 valence electrons. The van der Waals surface area contributed by atoms with Crippen LogP contribution in [0.5, 0.6) is 0 Å². The van der Waals surface area contributed by atoms with Crippen molar-refractivity contribution in [2.45, 2.75) is 24.8 Å². The third-order valence-electron chi connectivity index (χ3n) is 2.46. The number of nitrogens with two attached hydrogens (primary N) is 1. The molecule has 0 aliphatic heterocycles. The van der Waals surface area contributed by atoms with E-state index in [0.717, 1.165) is 6.07 Å². The van der Waals surface area contributed by atoms with Crippen LogP contribution >= 0.6 is 0 Å². The number of hydrogen-bond donors (Lipinski definition) is 2. The number of carbonyl (C=O) groups excluding carboxylic acids is 2. The van der Waals surface area contributed by atoms with Gasteiger partial charge in [-0.05, 0) is 19.4 Å². The number of aromatic carboxylic acids is 1. The standard InChI is InChI=1S/C11H14N2O5S.Na/c1-6-4-3-5-8(11(15)16)9(6)19(17,18)13-7(2)10(12)14;/h3-5,7,13H,1-2H3,(H2,12,14)(H,15,16);/q;+1/p-1. The average molecular weight is 308 g/mol. The van der Waals surface area contributed by atoms with Crippen LogP contribution in [0.4, 0.5) is 0 Å². The summed E-state index contributed by atoms with van der Waals surface area (Å²) in [4.78, 5) is 21.4. The molecule has 3 N–H and O–H groups in total. The van der Waals surface area contributed by atoms with E-state index in [-0.39, 0.29) is 35.1 Å². The number of carbonyl (C=O) groups is 2. The molecule has 0 aliphatic rings. The van der Waals surface area contributed by atoms with Crippen molar-refractivity contribution in [3.05, 3.63) is 29.3 Å². The zero-order chi connectivity index (χ0) is 14.8. The molecule has 0 saturated heterocycles. The second-order valence-electron chi connectivity index (χ2n) is 3.98. The molecule has 0 radical (unpaired) electrons. The average Bonchev–Trinajstić information content (AvgIpc) is 2.27. The van der Waals surface area contributed by atoms with Gasteiger partial charge >= 0.3 is 29.6 Å². The first-order valence-electron chi connectivity index (χ1n) is 5.29. The molecule has 1 amide bonds. The molecule has 7 nitrogen and oxygen atoms in total. The summed E-state index contributed by atoms with van der Waals surface area (Å²) in [6.07, 6.45) is 0. The Kier molecular flexibility index (Phi) is 6.85. The maximum absolute atomic E-state index is 12.1. The molecular weight excluding hydrogens is 295 g/mol. The summed E-state index contributed by atoms with van der Waals surface area (Å²) < 4.78 is 26.2. The molecule has 1 unspecified atom stereocenters. The molecule has 0 heterocycles. The second-order valence-corrected chi connectivity index (χ2v) is 5.64. The van der Waals surface area contributed by atoms with E-state index in [1.165, 1.54) is 26.0 Å². The first-order valence-corrected chi connectivity index (χ1v) is 6.77. The van der Waals surface area contributed by atoms with Crippen LogP contribution in [-0.4, -0.2) is 26.3 Å². The monoisotopic (exact) mass is 308 g/mol. The summed E-state index contributed by atoms with van der Waals surface area (Å²) in [6.45, 7) is 2.70. The Hall–Kier alpha value is -0.930. The third kappa shape index (κ3) is 4.29. The summed E-state index contributed by atoms with van der Waals surface area (Å²) in [5, 5.41) is 10.9. The minimum absolute atomic E-state index is 0. The van der Waals surface area contributed by atoms with E-state index in [1.807, 2.05) is 4.72 Å². The van der Waals surface area contributed by atoms with Crippen molar-refractivity contribution in [2.24, 2.45) is 5.73 Å². The van der Waals surface area contributed by atoms with E-state index in [1.54, 1.807) is 0 Å². The van der Waals surface area contributed by atoms with Gasteiger partial charge in [-0.2, -0.15) is 4.72 Å². The van der Waals surface area contributed by atoms with E-state index < -0.39 is 38.4 Å². The molecular formula is C11H13N2NaO5S. The Morgan fingerprint density at radius 1 is 1.35 bits per heavy atom. The van der Waals surface area contributed by atoms with Gasteiger partial charge in [0.1, 0.15) is 0 Å². The van der Waals surface area contributed by atoms with Gasteiger partial charge in [0.15, 0.2) is 0 Å². The largest absolute Gasteiger partial charge is 1.00 e. The molecule has 20 heavy (non-hydrogen) atoms. The Bertz CT molecular complexity index is 630. The number of carboxylic acid groups (broad SMARTS) is 1. The Labute approximate surface area is 138 Å². The van der Waals surface area contributed by atoms with E-state index in [0.29, 0.717) is 0 Å². The molecule has 0 aromatic heterocycles. The first kappa shape index (κ1) is 19.1. The van der Waals surface area contributed by atoms with Gasteiger partial charge in [-0.25, -0.2) is 8.42 Å². The van der Waals surface area contributed by atoms with Crippen molar-refractivity contribution in [3.8, 4) is 0 Å². The molecule has 9 heteroatoms. The number of carboxylic acids is 1. The van der Waals surface area contributed by atoms with Crippen molar-refractivity contribution < 1.29 is 52.7 Å². The van der Waals surface area contributed by atoms with Crippen LogP contribution in [0.2, 0.25) is 0 Å². The van der Waals surface area contributed by atoms with Crippen LogP contribution in [0.15, 0.2) is 23.1 Å². The summed E-state index contributed by atoms with van der Waals surface area (Å²) in [5.74, 6) is -2.48. The van der Waals surface area contributed by atoms with Gasteiger partial charge in [0.2, 0.25) is 15.9 Å². The first-order chi connectivity index (χ1) is 8.66. The molecule has 1 atom stereocenters. The minimum atomic E-state index is -4.18. The maximum Gasteiger partial charge on any atom is 1.00 e. The van der Waals surface area contributed by atoms with Gasteiger partial charge in [-0.3, -0.25) is 4.79 Å². The van der Waals surface area contributed by atoms with Crippen molar-refractivity contribution in [3.63, 3.8) is 0 Å². The molecule has 0 fully saturated rings. The molecule has 1 aromatic rings. The van der Waals surface area contributed by atoms with Crippen LogP contribution in [0, 0.1) is 6.92 Å². The minimum Gasteiger partial charge on any atom is -0.545 e. The predicted octanol–water partition coefficient (Wildman–Crippen LogP) is -4.49. The number of nitrogens with one attached hydrogen (secondary N) is 1. The Morgan fingerprint density at radius 3 is 2.35 bits per heavy atom. The van der Waals surface area contributed by atoms with Crippen LogP contribution in [0.1, 0.15) is 22.8 Å². The summed E-state index contributed by atoms with van der Waals surface area (Å²) in [5.41, 5.74) is 4.72. The van der Waals surface area contributed by atoms with Gasteiger partial charge in [0, 0.05) is 5.56 Å². The summed E-state index contributed by atoms with van der Waals surface area (Å²) in [6, 6.07) is 2.80. The van der Waals surface area contributed by atoms with E-state index in [2.05, 4.69) is 0 Å². The molecule has 0 saturated carbocycles. The Balaban J connectivity index is 0.00000361. The SMILES string of the molecule is Cc1cccc(C(=O)[O-])c1S(=O)(=O)NC(C)C(N)=O.[Na+]. The van der Waals surface area contributed by atoms with E-state index in [4.69, 9.17) is 5.73 Å². The number of hydrogen-bond acceptors (Lipinski definition) is 5. The smallest absolute Gasteiger partial charge is 0.545 e. The van der Waals surface area contributed by atoms with Crippen molar-refractivity contribution >= 4 is 21.9 Å². The molecule has 1 rings (SSSR count). The number of benzene rings is 1. The topological polar surface area (TPSA) is 129 Å². The van der Waals surface area contributed by atoms with Crippen LogP contribution in [0.3, 0.4) is 0 Å². The number of rotatable bonds is 5. The quantitative estimate of drug-likeness (QED) is 0.530. The summed E-state index contributed by atoms with van der Waals surface area (Å²) in [7, 11) is -4.18. The second kappa shape index (κ2) is 7.19. The van der Waals surface area contributed by atoms with Crippen molar-refractivity contribution in [2.75, 3.05) is 0 Å². The van der Waals surface area contributed by atoms with Crippen LogP contribution in [-0.2, 0) is 14.8 Å². The zero-order valence-corrected chi connectivity index (χ0v) is 14.2. The van der Waals surface area contributed by atoms with Gasteiger partial charge < -0.3 is 15.6 Å². The van der Waals surface area contributed by atoms with Crippen molar-refractivity contribution in [1.29, 1.82) is 0 Å². The molecule has 0 aliphatic carbocycles. The zero-order valence-electron chi connectivity index (χ0n) is 11.3. The number of primary amides is 1. The van der Waals surface area contributed by atoms with E-state index >= 15 is 0 Å². The van der Waals surface area contributed by atoms with Gasteiger partial charge in [-0.15, -0.1) is 0 Å². The number of aryl methyl sites for hydroxylation is 1. The number of sulfonamides is 1.